The van der Waals surface area contributed by atoms with Gasteiger partial charge < -0.3 is 19.3 Å². The minimum atomic E-state index is -0.924. The van der Waals surface area contributed by atoms with Crippen LogP contribution in [0.5, 0.6) is 11.5 Å². The Bertz CT molecular complexity index is 717. The minimum Gasteiger partial charge on any atom is -0.504 e. The fourth-order valence-corrected chi connectivity index (χ4v) is 1.69. The Morgan fingerprint density at radius 2 is 1.62 bits per heavy atom. The van der Waals surface area contributed by atoms with Gasteiger partial charge in [0.05, 0.1) is 5.57 Å². The highest BCUT2D eigenvalue weighted by Crippen LogP contribution is 2.28. The number of esters is 1. The number of carbonyl (C=O) groups is 2. The first kappa shape index (κ1) is 21.3. The van der Waals surface area contributed by atoms with E-state index in [1.54, 1.807) is 53.7 Å². The van der Waals surface area contributed by atoms with Crippen molar-refractivity contribution in [2.24, 2.45) is 0 Å². The number of phenols is 1. The molecule has 0 fully saturated rings. The van der Waals surface area contributed by atoms with E-state index in [-0.39, 0.29) is 17.1 Å². The number of carbonyl (C=O) groups excluding carboxylic acids is 2. The van der Waals surface area contributed by atoms with Crippen LogP contribution in [0.1, 0.15) is 47.1 Å². The second kappa shape index (κ2) is 8.08. The third-order valence-corrected chi connectivity index (χ3v) is 2.70. The maximum absolute atomic E-state index is 11.9. The molecular weight excluding hydrogens is 336 g/mol. The number of phenolic OH excluding ortho intramolecular Hbond substituents is 1. The Balaban J connectivity index is 2.85. The molecular formula is C20H26O6. The fraction of sp³-hybridized carbons (Fsp3) is 0.400. The summed E-state index contributed by atoms with van der Waals surface area (Å²) < 4.78 is 15.3. The molecule has 0 saturated carbocycles. The smallest absolute Gasteiger partial charge is 0.504 e. The summed E-state index contributed by atoms with van der Waals surface area (Å²) in [5.41, 5.74) is -0.565. The number of hydrogen-bond acceptors (Lipinski definition) is 6. The molecule has 0 radical (unpaired) electrons. The Morgan fingerprint density at radius 3 is 2.15 bits per heavy atom. The summed E-state index contributed by atoms with van der Waals surface area (Å²) in [5.74, 6) is -0.791. The summed E-state index contributed by atoms with van der Waals surface area (Å²) in [6, 6.07) is 4.41. The molecule has 1 aromatic carbocycles. The highest BCUT2D eigenvalue weighted by molar-refractivity contribution is 5.92. The summed E-state index contributed by atoms with van der Waals surface area (Å²) in [6.45, 7) is 14.1. The largest absolute Gasteiger partial charge is 0.514 e. The first-order chi connectivity index (χ1) is 11.8. The van der Waals surface area contributed by atoms with E-state index in [0.29, 0.717) is 5.56 Å². The lowest BCUT2D eigenvalue weighted by atomic mass is 10.1. The maximum Gasteiger partial charge on any atom is 0.514 e. The van der Waals surface area contributed by atoms with E-state index in [4.69, 9.17) is 14.2 Å². The molecule has 1 rings (SSSR count). The van der Waals surface area contributed by atoms with Crippen molar-refractivity contribution in [2.45, 2.75) is 52.7 Å². The van der Waals surface area contributed by atoms with Crippen LogP contribution in [0.2, 0.25) is 0 Å². The molecule has 1 aromatic rings. The molecule has 142 valence electrons. The lowest BCUT2D eigenvalue weighted by Crippen LogP contribution is -2.26. The summed E-state index contributed by atoms with van der Waals surface area (Å²) in [6.07, 6.45) is 2.15. The Hall–Kier alpha value is -2.76. The lowest BCUT2D eigenvalue weighted by Gasteiger charge is -2.19. The van der Waals surface area contributed by atoms with Crippen LogP contribution in [0.4, 0.5) is 4.79 Å². The third kappa shape index (κ3) is 7.88. The van der Waals surface area contributed by atoms with Crippen LogP contribution in [-0.4, -0.2) is 28.4 Å². The number of ether oxygens (including phenoxy) is 3. The van der Waals surface area contributed by atoms with Crippen LogP contribution in [0.3, 0.4) is 0 Å². The van der Waals surface area contributed by atoms with E-state index in [9.17, 15) is 14.7 Å². The summed E-state index contributed by atoms with van der Waals surface area (Å²) in [7, 11) is 0. The van der Waals surface area contributed by atoms with Gasteiger partial charge >= 0.3 is 12.1 Å². The van der Waals surface area contributed by atoms with E-state index in [2.05, 4.69) is 6.58 Å². The molecule has 0 unspecified atom stereocenters. The van der Waals surface area contributed by atoms with Gasteiger partial charge in [-0.25, -0.2) is 9.59 Å². The molecule has 26 heavy (non-hydrogen) atoms. The van der Waals surface area contributed by atoms with Gasteiger partial charge in [0.15, 0.2) is 11.5 Å². The van der Waals surface area contributed by atoms with E-state index in [1.165, 1.54) is 18.2 Å². The molecule has 0 amide bonds. The van der Waals surface area contributed by atoms with Crippen molar-refractivity contribution in [3.63, 3.8) is 0 Å². The zero-order chi connectivity index (χ0) is 20.1. The first-order valence-electron chi connectivity index (χ1n) is 8.11. The van der Waals surface area contributed by atoms with Crippen molar-refractivity contribution < 1.29 is 28.9 Å². The summed E-state index contributed by atoms with van der Waals surface area (Å²) in [4.78, 5) is 23.6. The van der Waals surface area contributed by atoms with E-state index >= 15 is 0 Å². The van der Waals surface area contributed by atoms with Gasteiger partial charge in [-0.15, -0.1) is 0 Å². The Labute approximate surface area is 154 Å². The number of rotatable bonds is 4. The molecule has 0 saturated heterocycles. The topological polar surface area (TPSA) is 82.1 Å². The van der Waals surface area contributed by atoms with Crippen molar-refractivity contribution in [1.29, 1.82) is 0 Å². The Morgan fingerprint density at radius 1 is 1.04 bits per heavy atom. The van der Waals surface area contributed by atoms with Crippen LogP contribution in [0.25, 0.3) is 6.08 Å². The highest BCUT2D eigenvalue weighted by atomic mass is 16.7. The average Bonchev–Trinajstić information content (AvgIpc) is 2.43. The maximum atomic E-state index is 11.9. The van der Waals surface area contributed by atoms with Gasteiger partial charge in [-0.1, -0.05) is 18.7 Å². The quantitative estimate of drug-likeness (QED) is 0.364. The molecule has 0 aliphatic rings. The van der Waals surface area contributed by atoms with Crippen molar-refractivity contribution in [3.05, 3.63) is 42.0 Å². The summed E-state index contributed by atoms with van der Waals surface area (Å²) in [5, 5.41) is 9.83. The lowest BCUT2D eigenvalue weighted by molar-refractivity contribution is -0.149. The van der Waals surface area contributed by atoms with Crippen LogP contribution >= 0.6 is 0 Å². The molecule has 0 aliphatic heterocycles. The fourth-order valence-electron chi connectivity index (χ4n) is 1.69. The van der Waals surface area contributed by atoms with Gasteiger partial charge in [0.25, 0.3) is 0 Å². The first-order valence-corrected chi connectivity index (χ1v) is 8.11. The molecule has 6 heteroatoms. The predicted molar refractivity (Wildman–Crippen MR) is 99.0 cm³/mol. The SMILES string of the molecule is C=C(C=Cc1ccc(O)c(OC(=O)OC(C)(C)C)c1)C(=O)OC(C)(C)C. The standard InChI is InChI=1S/C20H26O6/c1-13(17(22)25-19(2,3)4)8-9-14-10-11-15(21)16(12-14)24-18(23)26-20(5,6)7/h8-12,21H,1H2,2-7H3. The van der Waals surface area contributed by atoms with E-state index in [0.717, 1.165) is 0 Å². The zero-order valence-corrected chi connectivity index (χ0v) is 16.1. The second-order valence-corrected chi connectivity index (χ2v) is 7.65. The predicted octanol–water partition coefficient (Wildman–Crippen LogP) is 4.62. The molecule has 1 N–H and O–H groups in total. The summed E-state index contributed by atoms with van der Waals surface area (Å²) >= 11 is 0. The van der Waals surface area contributed by atoms with Crippen molar-refractivity contribution in [1.82, 2.24) is 0 Å². The molecule has 0 heterocycles. The normalized spacial score (nSPS) is 11.9. The molecule has 0 bridgehead atoms. The van der Waals surface area contributed by atoms with E-state index < -0.39 is 23.3 Å². The Kier molecular flexibility index (Phi) is 6.61. The van der Waals surface area contributed by atoms with Gasteiger partial charge in [0.1, 0.15) is 11.2 Å². The van der Waals surface area contributed by atoms with Gasteiger partial charge in [0, 0.05) is 0 Å². The van der Waals surface area contributed by atoms with Crippen molar-refractivity contribution >= 4 is 18.2 Å². The number of hydrogen-bond donors (Lipinski definition) is 1. The number of benzene rings is 1. The third-order valence-electron chi connectivity index (χ3n) is 2.70. The van der Waals surface area contributed by atoms with Crippen molar-refractivity contribution in [2.75, 3.05) is 0 Å². The monoisotopic (exact) mass is 362 g/mol. The minimum absolute atomic E-state index is 0.0516. The second-order valence-electron chi connectivity index (χ2n) is 7.65. The van der Waals surface area contributed by atoms with Gasteiger partial charge in [-0.05, 0) is 65.3 Å². The molecule has 0 atom stereocenters. The average molecular weight is 362 g/mol. The van der Waals surface area contributed by atoms with Gasteiger partial charge in [-0.2, -0.15) is 0 Å². The molecule has 0 aromatic heterocycles. The van der Waals surface area contributed by atoms with E-state index in [1.807, 2.05) is 0 Å². The highest BCUT2D eigenvalue weighted by Gasteiger charge is 2.20. The molecule has 0 spiro atoms. The molecule has 6 nitrogen and oxygen atoms in total. The van der Waals surface area contributed by atoms with Crippen LogP contribution in [0, 0.1) is 0 Å². The van der Waals surface area contributed by atoms with Crippen molar-refractivity contribution in [3.8, 4) is 11.5 Å². The van der Waals surface area contributed by atoms with Crippen LogP contribution < -0.4 is 4.74 Å². The van der Waals surface area contributed by atoms with Gasteiger partial charge in [-0.3, -0.25) is 0 Å². The number of aromatic hydroxyl groups is 1. The van der Waals surface area contributed by atoms with Crippen LogP contribution in [-0.2, 0) is 14.3 Å². The molecule has 0 aliphatic carbocycles. The zero-order valence-electron chi connectivity index (χ0n) is 16.1. The van der Waals surface area contributed by atoms with Crippen LogP contribution in [0.15, 0.2) is 36.4 Å². The van der Waals surface area contributed by atoms with Gasteiger partial charge in [0.2, 0.25) is 0 Å².